The maximum atomic E-state index is 5.82. The molecule has 3 nitrogen and oxygen atoms in total. The highest BCUT2D eigenvalue weighted by Gasteiger charge is 2.23. The van der Waals surface area contributed by atoms with Crippen molar-refractivity contribution in [2.75, 3.05) is 13.6 Å². The molecule has 0 N–H and O–H groups in total. The first-order chi connectivity index (χ1) is 10.2. The van der Waals surface area contributed by atoms with E-state index in [1.54, 1.807) is 0 Å². The van der Waals surface area contributed by atoms with E-state index in [2.05, 4.69) is 41.3 Å². The predicted molar refractivity (Wildman–Crippen MR) is 86.7 cm³/mol. The normalized spacial score (nSPS) is 15.7. The second kappa shape index (κ2) is 4.50. The lowest BCUT2D eigenvalue weighted by Gasteiger charge is -2.24. The van der Waals surface area contributed by atoms with Crippen LogP contribution in [0.1, 0.15) is 17.0 Å². The van der Waals surface area contributed by atoms with Crippen molar-refractivity contribution in [1.82, 2.24) is 9.47 Å². The third-order valence-electron chi connectivity index (χ3n) is 4.54. The second-order valence-electron chi connectivity index (χ2n) is 6.04. The van der Waals surface area contributed by atoms with Crippen LogP contribution in [0.25, 0.3) is 21.9 Å². The smallest absolute Gasteiger partial charge is 0.135 e. The molecule has 0 atom stereocenters. The van der Waals surface area contributed by atoms with Crippen molar-refractivity contribution in [2.24, 2.45) is 0 Å². The van der Waals surface area contributed by atoms with E-state index in [9.17, 15) is 0 Å². The first-order valence-electron chi connectivity index (χ1n) is 7.51. The number of nitrogens with zero attached hydrogens (tertiary/aromatic N) is 2. The van der Waals surface area contributed by atoms with Gasteiger partial charge in [0.05, 0.1) is 0 Å². The maximum Gasteiger partial charge on any atom is 0.135 e. The number of benzene rings is 1. The molecule has 0 spiro atoms. The summed E-state index contributed by atoms with van der Waals surface area (Å²) in [5.41, 5.74) is 5.23. The highest BCUT2D eigenvalue weighted by molar-refractivity contribution is 6.07. The lowest BCUT2D eigenvalue weighted by atomic mass is 10.0. The first-order valence-corrected chi connectivity index (χ1v) is 7.51. The van der Waals surface area contributed by atoms with Crippen molar-refractivity contribution in [3.05, 3.63) is 47.9 Å². The summed E-state index contributed by atoms with van der Waals surface area (Å²) < 4.78 is 8.24. The van der Waals surface area contributed by atoms with Crippen LogP contribution in [0, 0.1) is 6.92 Å². The van der Waals surface area contributed by atoms with Crippen LogP contribution >= 0.6 is 0 Å². The summed E-state index contributed by atoms with van der Waals surface area (Å²) in [5.74, 6) is 0.979. The molecule has 0 fully saturated rings. The van der Waals surface area contributed by atoms with Crippen LogP contribution in [-0.4, -0.2) is 23.1 Å². The van der Waals surface area contributed by atoms with E-state index in [-0.39, 0.29) is 0 Å². The molecule has 2 aromatic heterocycles. The highest BCUT2D eigenvalue weighted by Crippen LogP contribution is 2.36. The summed E-state index contributed by atoms with van der Waals surface area (Å²) in [5, 5.41) is 2.62. The van der Waals surface area contributed by atoms with Gasteiger partial charge in [-0.3, -0.25) is 0 Å². The van der Waals surface area contributed by atoms with Gasteiger partial charge >= 0.3 is 0 Å². The SMILES string of the molecule is C=CCn1c2c(c3c4cc(C)oc4ccc31)CN(C)CC2. The number of rotatable bonds is 2. The molecule has 1 aliphatic rings. The molecule has 21 heavy (non-hydrogen) atoms. The lowest BCUT2D eigenvalue weighted by molar-refractivity contribution is 0.310. The third kappa shape index (κ3) is 1.77. The van der Waals surface area contributed by atoms with Gasteiger partial charge in [-0.2, -0.15) is 0 Å². The van der Waals surface area contributed by atoms with E-state index in [0.29, 0.717) is 0 Å². The maximum absolute atomic E-state index is 5.82. The molecule has 3 heterocycles. The van der Waals surface area contributed by atoms with Crippen LogP contribution in [0.5, 0.6) is 0 Å². The van der Waals surface area contributed by atoms with Crippen molar-refractivity contribution in [3.63, 3.8) is 0 Å². The van der Waals surface area contributed by atoms with E-state index >= 15 is 0 Å². The number of hydrogen-bond donors (Lipinski definition) is 0. The van der Waals surface area contributed by atoms with Gasteiger partial charge in [0.1, 0.15) is 11.3 Å². The molecule has 4 rings (SSSR count). The van der Waals surface area contributed by atoms with E-state index in [0.717, 1.165) is 37.4 Å². The van der Waals surface area contributed by atoms with Gasteiger partial charge in [0, 0.05) is 48.0 Å². The minimum atomic E-state index is 0.873. The van der Waals surface area contributed by atoms with Crippen molar-refractivity contribution in [2.45, 2.75) is 26.4 Å². The van der Waals surface area contributed by atoms with Gasteiger partial charge in [-0.15, -0.1) is 6.58 Å². The monoisotopic (exact) mass is 280 g/mol. The van der Waals surface area contributed by atoms with Gasteiger partial charge in [0.2, 0.25) is 0 Å². The quantitative estimate of drug-likeness (QED) is 0.665. The zero-order valence-corrected chi connectivity index (χ0v) is 12.6. The average Bonchev–Trinajstić information content (AvgIpc) is 2.97. The number of aromatic nitrogens is 1. The number of hydrogen-bond acceptors (Lipinski definition) is 2. The van der Waals surface area contributed by atoms with E-state index < -0.39 is 0 Å². The van der Waals surface area contributed by atoms with Crippen molar-refractivity contribution < 1.29 is 4.42 Å². The fraction of sp³-hybridized carbons (Fsp3) is 0.333. The molecular weight excluding hydrogens is 260 g/mol. The summed E-state index contributed by atoms with van der Waals surface area (Å²) in [7, 11) is 2.19. The van der Waals surface area contributed by atoms with Gasteiger partial charge in [0.25, 0.3) is 0 Å². The molecule has 0 saturated carbocycles. The molecular formula is C18H20N2O. The standard InChI is InChI=1S/C18H20N2O/c1-4-8-20-15-7-9-19(3)11-14(15)18-13-10-12(2)21-17(13)6-5-16(18)20/h4-6,10H,1,7-9,11H2,2-3H3. The summed E-state index contributed by atoms with van der Waals surface area (Å²) in [4.78, 5) is 2.39. The molecule has 0 bridgehead atoms. The predicted octanol–water partition coefficient (Wildman–Crippen LogP) is 3.87. The van der Waals surface area contributed by atoms with Crippen LogP contribution in [0.4, 0.5) is 0 Å². The van der Waals surface area contributed by atoms with Gasteiger partial charge in [-0.05, 0) is 37.7 Å². The summed E-state index contributed by atoms with van der Waals surface area (Å²) >= 11 is 0. The molecule has 108 valence electrons. The van der Waals surface area contributed by atoms with Gasteiger partial charge < -0.3 is 13.9 Å². The van der Waals surface area contributed by atoms with E-state index in [1.807, 2.05) is 13.0 Å². The molecule has 1 aromatic carbocycles. The fourth-order valence-electron chi connectivity index (χ4n) is 3.66. The minimum absolute atomic E-state index is 0.873. The van der Waals surface area contributed by atoms with E-state index in [4.69, 9.17) is 4.42 Å². The van der Waals surface area contributed by atoms with Crippen LogP contribution < -0.4 is 0 Å². The summed E-state index contributed by atoms with van der Waals surface area (Å²) in [6, 6.07) is 6.46. The topological polar surface area (TPSA) is 21.3 Å². The number of allylic oxidation sites excluding steroid dienone is 1. The zero-order chi connectivity index (χ0) is 14.6. The Morgan fingerprint density at radius 2 is 2.24 bits per heavy atom. The van der Waals surface area contributed by atoms with Gasteiger partial charge in [0.15, 0.2) is 0 Å². The Balaban J connectivity index is 2.14. The van der Waals surface area contributed by atoms with Gasteiger partial charge in [-0.25, -0.2) is 0 Å². The average molecular weight is 280 g/mol. The van der Waals surface area contributed by atoms with Crippen molar-refractivity contribution >= 4 is 21.9 Å². The number of aryl methyl sites for hydroxylation is 1. The number of fused-ring (bicyclic) bond motifs is 5. The van der Waals surface area contributed by atoms with Crippen LogP contribution in [0.3, 0.4) is 0 Å². The Kier molecular flexibility index (Phi) is 2.73. The molecule has 0 aliphatic carbocycles. The molecule has 0 saturated heterocycles. The fourth-order valence-corrected chi connectivity index (χ4v) is 3.66. The number of furan rings is 1. The van der Waals surface area contributed by atoms with Crippen LogP contribution in [0.15, 0.2) is 35.3 Å². The van der Waals surface area contributed by atoms with Crippen molar-refractivity contribution in [1.29, 1.82) is 0 Å². The van der Waals surface area contributed by atoms with Crippen LogP contribution in [0.2, 0.25) is 0 Å². The second-order valence-corrected chi connectivity index (χ2v) is 6.04. The Bertz CT molecular complexity index is 853. The minimum Gasteiger partial charge on any atom is -0.461 e. The Labute approximate surface area is 124 Å². The summed E-state index contributed by atoms with van der Waals surface area (Å²) in [6.45, 7) is 8.95. The largest absolute Gasteiger partial charge is 0.461 e. The first kappa shape index (κ1) is 12.7. The zero-order valence-electron chi connectivity index (χ0n) is 12.6. The number of likely N-dealkylation sites (N-methyl/N-ethyl adjacent to an activating group) is 1. The highest BCUT2D eigenvalue weighted by atomic mass is 16.3. The molecule has 3 aromatic rings. The van der Waals surface area contributed by atoms with Crippen molar-refractivity contribution in [3.8, 4) is 0 Å². The van der Waals surface area contributed by atoms with E-state index in [1.165, 1.54) is 27.5 Å². The summed E-state index contributed by atoms with van der Waals surface area (Å²) in [6.07, 6.45) is 3.09. The molecule has 0 radical (unpaired) electrons. The molecule has 3 heteroatoms. The molecule has 0 amide bonds. The Morgan fingerprint density at radius 3 is 3.05 bits per heavy atom. The lowest BCUT2D eigenvalue weighted by Crippen LogP contribution is -2.27. The molecule has 1 aliphatic heterocycles. The Morgan fingerprint density at radius 1 is 1.38 bits per heavy atom. The third-order valence-corrected chi connectivity index (χ3v) is 4.54. The van der Waals surface area contributed by atoms with Crippen LogP contribution in [-0.2, 0) is 19.5 Å². The molecule has 0 unspecified atom stereocenters. The van der Waals surface area contributed by atoms with Gasteiger partial charge in [-0.1, -0.05) is 6.08 Å². The Hall–Kier alpha value is -2.00.